The minimum absolute atomic E-state index is 0.0711. The fourth-order valence-corrected chi connectivity index (χ4v) is 2.70. The Morgan fingerprint density at radius 3 is 2.50 bits per heavy atom. The average molecular weight is 295 g/mol. The molecule has 3 aromatic rings. The van der Waals surface area contributed by atoms with Crippen LogP contribution in [-0.4, -0.2) is 10.4 Å². The third kappa shape index (κ3) is 2.43. The summed E-state index contributed by atoms with van der Waals surface area (Å²) >= 11 is 0. The van der Waals surface area contributed by atoms with Crippen LogP contribution in [0.25, 0.3) is 10.9 Å². The van der Waals surface area contributed by atoms with Crippen molar-refractivity contribution in [3.05, 3.63) is 71.7 Å². The normalized spacial score (nSPS) is 12.5. The Hall–Kier alpha value is -2.42. The number of ketones is 1. The molecule has 2 aromatic carbocycles. The number of rotatable bonds is 4. The van der Waals surface area contributed by atoms with Gasteiger partial charge in [-0.25, -0.2) is 4.39 Å². The second kappa shape index (κ2) is 5.76. The van der Waals surface area contributed by atoms with Crippen LogP contribution in [0.2, 0.25) is 0 Å². The van der Waals surface area contributed by atoms with Crippen molar-refractivity contribution in [1.82, 2.24) is 4.57 Å². The minimum atomic E-state index is -0.335. The summed E-state index contributed by atoms with van der Waals surface area (Å²) in [6.45, 7) is 4.26. The highest BCUT2D eigenvalue weighted by Gasteiger charge is 2.18. The lowest BCUT2D eigenvalue weighted by Crippen LogP contribution is -2.03. The molecule has 0 spiro atoms. The SMILES string of the molecule is CCC(C)n1cc(C(=O)c2ccc(F)cc2)c2ccccc21. The lowest BCUT2D eigenvalue weighted by molar-refractivity contribution is 0.104. The van der Waals surface area contributed by atoms with Gasteiger partial charge in [-0.3, -0.25) is 4.79 Å². The number of halogens is 1. The molecule has 0 saturated carbocycles. The predicted molar refractivity (Wildman–Crippen MR) is 86.8 cm³/mol. The summed E-state index contributed by atoms with van der Waals surface area (Å²) in [5.41, 5.74) is 2.23. The third-order valence-corrected chi connectivity index (χ3v) is 4.16. The highest BCUT2D eigenvalue weighted by Crippen LogP contribution is 2.27. The molecule has 1 unspecified atom stereocenters. The zero-order valence-corrected chi connectivity index (χ0v) is 12.7. The number of aromatic nitrogens is 1. The number of para-hydroxylation sites is 1. The first kappa shape index (κ1) is 14.5. The molecule has 112 valence electrons. The Morgan fingerprint density at radius 2 is 1.82 bits per heavy atom. The zero-order valence-electron chi connectivity index (χ0n) is 12.7. The molecule has 3 rings (SSSR count). The summed E-state index contributed by atoms with van der Waals surface area (Å²) in [6.07, 6.45) is 2.91. The van der Waals surface area contributed by atoms with Gasteiger partial charge >= 0.3 is 0 Å². The minimum Gasteiger partial charge on any atom is -0.344 e. The Morgan fingerprint density at radius 1 is 1.14 bits per heavy atom. The fraction of sp³-hybridized carbons (Fsp3) is 0.211. The molecular weight excluding hydrogens is 277 g/mol. The molecule has 0 fully saturated rings. The monoisotopic (exact) mass is 295 g/mol. The molecule has 0 saturated heterocycles. The first-order valence-electron chi connectivity index (χ1n) is 7.51. The molecule has 22 heavy (non-hydrogen) atoms. The van der Waals surface area contributed by atoms with Crippen molar-refractivity contribution in [2.45, 2.75) is 26.3 Å². The van der Waals surface area contributed by atoms with Crippen LogP contribution in [0.4, 0.5) is 4.39 Å². The van der Waals surface area contributed by atoms with E-state index in [9.17, 15) is 9.18 Å². The lowest BCUT2D eigenvalue weighted by atomic mass is 10.0. The van der Waals surface area contributed by atoms with Crippen molar-refractivity contribution in [2.24, 2.45) is 0 Å². The number of carbonyl (C=O) groups excluding carboxylic acids is 1. The van der Waals surface area contributed by atoms with Gasteiger partial charge in [0.1, 0.15) is 5.82 Å². The molecule has 1 atom stereocenters. The topological polar surface area (TPSA) is 22.0 Å². The van der Waals surface area contributed by atoms with Crippen molar-refractivity contribution in [1.29, 1.82) is 0 Å². The Bertz CT molecular complexity index is 817. The van der Waals surface area contributed by atoms with Crippen molar-refractivity contribution >= 4 is 16.7 Å². The predicted octanol–water partition coefficient (Wildman–Crippen LogP) is 4.98. The first-order chi connectivity index (χ1) is 10.6. The first-order valence-corrected chi connectivity index (χ1v) is 7.51. The molecule has 0 bridgehead atoms. The van der Waals surface area contributed by atoms with Gasteiger partial charge in [-0.2, -0.15) is 0 Å². The van der Waals surface area contributed by atoms with E-state index in [0.29, 0.717) is 17.2 Å². The van der Waals surface area contributed by atoms with Crippen LogP contribution >= 0.6 is 0 Å². The lowest BCUT2D eigenvalue weighted by Gasteiger charge is -2.12. The van der Waals surface area contributed by atoms with Gasteiger partial charge in [-0.1, -0.05) is 25.1 Å². The van der Waals surface area contributed by atoms with Gasteiger partial charge in [-0.15, -0.1) is 0 Å². The van der Waals surface area contributed by atoms with E-state index in [4.69, 9.17) is 0 Å². The van der Waals surface area contributed by atoms with E-state index in [2.05, 4.69) is 18.4 Å². The Labute approximate surface area is 129 Å². The molecule has 0 amide bonds. The zero-order chi connectivity index (χ0) is 15.7. The molecule has 3 heteroatoms. The summed E-state index contributed by atoms with van der Waals surface area (Å²) < 4.78 is 15.2. The summed E-state index contributed by atoms with van der Waals surface area (Å²) in [5, 5.41) is 0.942. The van der Waals surface area contributed by atoms with E-state index in [1.54, 1.807) is 0 Å². The van der Waals surface area contributed by atoms with Crippen LogP contribution in [0.15, 0.2) is 54.7 Å². The number of fused-ring (bicyclic) bond motifs is 1. The van der Waals surface area contributed by atoms with E-state index in [1.165, 1.54) is 24.3 Å². The number of nitrogens with zero attached hydrogens (tertiary/aromatic N) is 1. The van der Waals surface area contributed by atoms with Gasteiger partial charge in [0, 0.05) is 34.3 Å². The van der Waals surface area contributed by atoms with E-state index in [0.717, 1.165) is 17.3 Å². The van der Waals surface area contributed by atoms with Gasteiger partial charge < -0.3 is 4.57 Å². The molecule has 0 N–H and O–H groups in total. The van der Waals surface area contributed by atoms with E-state index < -0.39 is 0 Å². The van der Waals surface area contributed by atoms with Gasteiger partial charge in [0.25, 0.3) is 0 Å². The molecular formula is C19H18FNO. The van der Waals surface area contributed by atoms with Crippen molar-refractivity contribution < 1.29 is 9.18 Å². The quantitative estimate of drug-likeness (QED) is 0.622. The van der Waals surface area contributed by atoms with E-state index in [-0.39, 0.29) is 11.6 Å². The van der Waals surface area contributed by atoms with Crippen LogP contribution in [0.1, 0.15) is 42.2 Å². The molecule has 2 nitrogen and oxygen atoms in total. The number of carbonyl (C=O) groups is 1. The Kier molecular flexibility index (Phi) is 3.80. The number of benzene rings is 2. The van der Waals surface area contributed by atoms with Crippen LogP contribution in [0, 0.1) is 5.82 Å². The van der Waals surface area contributed by atoms with Gasteiger partial charge in [0.05, 0.1) is 0 Å². The van der Waals surface area contributed by atoms with Crippen LogP contribution in [0.3, 0.4) is 0 Å². The second-order valence-electron chi connectivity index (χ2n) is 5.56. The van der Waals surface area contributed by atoms with Crippen LogP contribution in [0.5, 0.6) is 0 Å². The summed E-state index contributed by atoms with van der Waals surface area (Å²) in [7, 11) is 0. The molecule has 0 radical (unpaired) electrons. The molecule has 1 heterocycles. The molecule has 0 aliphatic rings. The maximum absolute atomic E-state index is 13.0. The van der Waals surface area contributed by atoms with Crippen molar-refractivity contribution in [3.63, 3.8) is 0 Å². The molecule has 0 aliphatic heterocycles. The Balaban J connectivity index is 2.14. The molecule has 0 aliphatic carbocycles. The number of hydrogen-bond donors (Lipinski definition) is 0. The maximum Gasteiger partial charge on any atom is 0.195 e. The summed E-state index contributed by atoms with van der Waals surface area (Å²) in [4.78, 5) is 12.8. The van der Waals surface area contributed by atoms with Gasteiger partial charge in [0.2, 0.25) is 0 Å². The van der Waals surface area contributed by atoms with Crippen LogP contribution in [-0.2, 0) is 0 Å². The summed E-state index contributed by atoms with van der Waals surface area (Å²) in [5.74, 6) is -0.406. The summed E-state index contributed by atoms with van der Waals surface area (Å²) in [6, 6.07) is 13.9. The van der Waals surface area contributed by atoms with Gasteiger partial charge in [0.15, 0.2) is 5.78 Å². The van der Waals surface area contributed by atoms with Crippen molar-refractivity contribution in [3.8, 4) is 0 Å². The molecule has 1 aromatic heterocycles. The largest absolute Gasteiger partial charge is 0.344 e. The highest BCUT2D eigenvalue weighted by atomic mass is 19.1. The van der Waals surface area contributed by atoms with Crippen LogP contribution < -0.4 is 0 Å². The average Bonchev–Trinajstić information content (AvgIpc) is 2.94. The smallest absolute Gasteiger partial charge is 0.195 e. The standard InChI is InChI=1S/C19H18FNO/c1-3-13(2)21-12-17(16-6-4-5-7-18(16)21)19(22)14-8-10-15(20)11-9-14/h4-13H,3H2,1-2H3. The highest BCUT2D eigenvalue weighted by molar-refractivity contribution is 6.16. The number of hydrogen-bond acceptors (Lipinski definition) is 1. The van der Waals surface area contributed by atoms with E-state index >= 15 is 0 Å². The van der Waals surface area contributed by atoms with E-state index in [1.807, 2.05) is 30.5 Å². The fourth-order valence-electron chi connectivity index (χ4n) is 2.70. The van der Waals surface area contributed by atoms with Gasteiger partial charge in [-0.05, 0) is 43.7 Å². The third-order valence-electron chi connectivity index (χ3n) is 4.16. The van der Waals surface area contributed by atoms with Crippen molar-refractivity contribution in [2.75, 3.05) is 0 Å². The maximum atomic E-state index is 13.0. The second-order valence-corrected chi connectivity index (χ2v) is 5.56.